The quantitative estimate of drug-likeness (QED) is 0.862. The molecular weight excluding hydrogens is 240 g/mol. The van der Waals surface area contributed by atoms with Crippen LogP contribution in [0.4, 0.5) is 0 Å². The number of hydrogen-bond donors (Lipinski definition) is 2. The van der Waals surface area contributed by atoms with Crippen LogP contribution in [0.3, 0.4) is 0 Å². The highest BCUT2D eigenvalue weighted by Gasteiger charge is 2.65. The molecule has 5 heteroatoms. The summed E-state index contributed by atoms with van der Waals surface area (Å²) >= 11 is 0. The molecule has 4 unspecified atom stereocenters. The van der Waals surface area contributed by atoms with Gasteiger partial charge in [0.25, 0.3) is 5.91 Å². The molecule has 3 fully saturated rings. The Kier molecular flexibility index (Phi) is 2.44. The van der Waals surface area contributed by atoms with Crippen molar-refractivity contribution in [3.63, 3.8) is 0 Å². The Morgan fingerprint density at radius 1 is 1.37 bits per heavy atom. The number of nitrogens with one attached hydrogen (secondary N) is 2. The first kappa shape index (κ1) is 11.4. The molecule has 3 aliphatic rings. The largest absolute Gasteiger partial charge is 0.346 e. The molecule has 0 saturated heterocycles. The predicted octanol–water partition coefficient (Wildman–Crippen LogP) is 1.53. The van der Waals surface area contributed by atoms with Gasteiger partial charge in [-0.15, -0.1) is 5.10 Å². The molecular formula is C14H20N4O. The molecule has 1 aromatic heterocycles. The first-order valence-electron chi connectivity index (χ1n) is 7.50. The van der Waals surface area contributed by atoms with E-state index in [-0.39, 0.29) is 5.91 Å². The number of fused-ring (bicyclic) bond motifs is 5. The van der Waals surface area contributed by atoms with E-state index in [4.69, 9.17) is 0 Å². The Hall–Kier alpha value is -1.39. The third-order valence-corrected chi connectivity index (χ3v) is 5.25. The molecule has 0 aliphatic heterocycles. The van der Waals surface area contributed by atoms with Gasteiger partial charge in [-0.1, -0.05) is 6.92 Å². The van der Waals surface area contributed by atoms with Crippen molar-refractivity contribution < 1.29 is 4.79 Å². The van der Waals surface area contributed by atoms with E-state index >= 15 is 0 Å². The number of H-pyrrole nitrogens is 1. The van der Waals surface area contributed by atoms with Gasteiger partial charge in [0.1, 0.15) is 5.82 Å². The first-order valence-corrected chi connectivity index (χ1v) is 7.50. The molecule has 1 amide bonds. The topological polar surface area (TPSA) is 70.7 Å². The molecule has 3 saturated carbocycles. The SMILES string of the molecule is CCCc1nc(C(=O)NC2C3C4CCC(C4)C23)n[nH]1. The fourth-order valence-electron chi connectivity index (χ4n) is 4.48. The lowest BCUT2D eigenvalue weighted by Crippen LogP contribution is -2.30. The van der Waals surface area contributed by atoms with E-state index < -0.39 is 0 Å². The number of nitrogens with zero attached hydrogens (tertiary/aromatic N) is 2. The van der Waals surface area contributed by atoms with Crippen LogP contribution in [0.25, 0.3) is 0 Å². The van der Waals surface area contributed by atoms with Gasteiger partial charge in [0.2, 0.25) is 5.82 Å². The Balaban J connectivity index is 1.39. The molecule has 102 valence electrons. The van der Waals surface area contributed by atoms with Crippen LogP contribution in [0.5, 0.6) is 0 Å². The van der Waals surface area contributed by atoms with Gasteiger partial charge in [0, 0.05) is 12.5 Å². The third kappa shape index (κ3) is 1.70. The summed E-state index contributed by atoms with van der Waals surface area (Å²) in [6.45, 7) is 2.09. The highest BCUT2D eigenvalue weighted by Crippen LogP contribution is 2.65. The van der Waals surface area contributed by atoms with Crippen LogP contribution in [-0.4, -0.2) is 27.1 Å². The van der Waals surface area contributed by atoms with Crippen molar-refractivity contribution in [3.8, 4) is 0 Å². The van der Waals surface area contributed by atoms with Crippen molar-refractivity contribution in [1.82, 2.24) is 20.5 Å². The van der Waals surface area contributed by atoms with Crippen molar-refractivity contribution in [3.05, 3.63) is 11.6 Å². The minimum Gasteiger partial charge on any atom is -0.346 e. The Morgan fingerprint density at radius 2 is 2.11 bits per heavy atom. The van der Waals surface area contributed by atoms with Gasteiger partial charge >= 0.3 is 0 Å². The van der Waals surface area contributed by atoms with E-state index in [0.29, 0.717) is 11.9 Å². The Bertz CT molecular complexity index is 495. The number of amides is 1. The van der Waals surface area contributed by atoms with Crippen LogP contribution in [0.15, 0.2) is 0 Å². The summed E-state index contributed by atoms with van der Waals surface area (Å²) in [4.78, 5) is 16.4. The number of carbonyl (C=O) groups excluding carboxylic acids is 1. The maximum atomic E-state index is 12.1. The number of aromatic nitrogens is 3. The molecule has 0 aromatic carbocycles. The first-order chi connectivity index (χ1) is 9.28. The van der Waals surface area contributed by atoms with E-state index in [1.165, 1.54) is 19.3 Å². The lowest BCUT2D eigenvalue weighted by atomic mass is 10.0. The van der Waals surface area contributed by atoms with Gasteiger partial charge in [-0.05, 0) is 49.4 Å². The van der Waals surface area contributed by atoms with Gasteiger partial charge in [-0.2, -0.15) is 0 Å². The van der Waals surface area contributed by atoms with Crippen molar-refractivity contribution in [1.29, 1.82) is 0 Å². The standard InChI is InChI=1S/C14H20N4O/c1-2-3-9-15-13(18-17-9)14(19)16-12-10-7-4-5-8(6-7)11(10)12/h7-8,10-12H,2-6H2,1H3,(H,16,19)(H,15,17,18). The fraction of sp³-hybridized carbons (Fsp3) is 0.786. The molecule has 2 bridgehead atoms. The minimum absolute atomic E-state index is 0.0996. The zero-order valence-corrected chi connectivity index (χ0v) is 11.2. The number of hydrogen-bond acceptors (Lipinski definition) is 3. The van der Waals surface area contributed by atoms with E-state index in [0.717, 1.165) is 42.3 Å². The third-order valence-electron chi connectivity index (χ3n) is 5.25. The van der Waals surface area contributed by atoms with Crippen LogP contribution >= 0.6 is 0 Å². The molecule has 0 spiro atoms. The van der Waals surface area contributed by atoms with Crippen LogP contribution in [-0.2, 0) is 6.42 Å². The van der Waals surface area contributed by atoms with Gasteiger partial charge in [0.15, 0.2) is 0 Å². The molecule has 1 heterocycles. The molecule has 2 N–H and O–H groups in total. The van der Waals surface area contributed by atoms with Gasteiger partial charge < -0.3 is 5.32 Å². The second-order valence-electron chi connectivity index (χ2n) is 6.34. The molecule has 5 nitrogen and oxygen atoms in total. The summed E-state index contributed by atoms with van der Waals surface area (Å²) in [7, 11) is 0. The summed E-state index contributed by atoms with van der Waals surface area (Å²) in [6, 6.07) is 0.409. The van der Waals surface area contributed by atoms with E-state index in [1.54, 1.807) is 0 Å². The Morgan fingerprint density at radius 3 is 2.79 bits per heavy atom. The Labute approximate surface area is 112 Å². The van der Waals surface area contributed by atoms with Gasteiger partial charge in [0.05, 0.1) is 0 Å². The molecule has 0 radical (unpaired) electrons. The number of carbonyl (C=O) groups is 1. The zero-order valence-electron chi connectivity index (χ0n) is 11.2. The lowest BCUT2D eigenvalue weighted by molar-refractivity contribution is 0.0934. The average molecular weight is 260 g/mol. The van der Waals surface area contributed by atoms with Crippen LogP contribution in [0.2, 0.25) is 0 Å². The normalized spacial score (nSPS) is 38.3. The fourth-order valence-corrected chi connectivity index (χ4v) is 4.48. The summed E-state index contributed by atoms with van der Waals surface area (Å²) in [5, 5.41) is 10.00. The number of aromatic amines is 1. The predicted molar refractivity (Wildman–Crippen MR) is 69.4 cm³/mol. The van der Waals surface area contributed by atoms with E-state index in [1.807, 2.05) is 0 Å². The van der Waals surface area contributed by atoms with Gasteiger partial charge in [-0.3, -0.25) is 9.89 Å². The summed E-state index contributed by atoms with van der Waals surface area (Å²) in [6.07, 6.45) is 6.01. The van der Waals surface area contributed by atoms with Crippen LogP contribution < -0.4 is 5.32 Å². The molecule has 4 rings (SSSR count). The van der Waals surface area contributed by atoms with Crippen molar-refractivity contribution in [2.75, 3.05) is 0 Å². The lowest BCUT2D eigenvalue weighted by Gasteiger charge is -2.08. The highest BCUT2D eigenvalue weighted by atomic mass is 16.2. The molecule has 1 aromatic rings. The highest BCUT2D eigenvalue weighted by molar-refractivity contribution is 5.90. The van der Waals surface area contributed by atoms with Crippen molar-refractivity contribution in [2.24, 2.45) is 23.7 Å². The van der Waals surface area contributed by atoms with Crippen LogP contribution in [0.1, 0.15) is 49.1 Å². The van der Waals surface area contributed by atoms with Gasteiger partial charge in [-0.25, -0.2) is 4.98 Å². The molecule has 3 aliphatic carbocycles. The van der Waals surface area contributed by atoms with E-state index in [9.17, 15) is 4.79 Å². The maximum absolute atomic E-state index is 12.1. The summed E-state index contributed by atoms with van der Waals surface area (Å²) in [5.41, 5.74) is 0. The second kappa shape index (κ2) is 4.05. The van der Waals surface area contributed by atoms with E-state index in [2.05, 4.69) is 27.4 Å². The average Bonchev–Trinajstić information content (AvgIpc) is 2.83. The van der Waals surface area contributed by atoms with Crippen LogP contribution in [0, 0.1) is 23.7 Å². The maximum Gasteiger partial charge on any atom is 0.291 e. The smallest absolute Gasteiger partial charge is 0.291 e. The molecule has 19 heavy (non-hydrogen) atoms. The monoisotopic (exact) mass is 260 g/mol. The number of aryl methyl sites for hydroxylation is 1. The second-order valence-corrected chi connectivity index (χ2v) is 6.34. The van der Waals surface area contributed by atoms with Crippen molar-refractivity contribution in [2.45, 2.75) is 45.1 Å². The van der Waals surface area contributed by atoms with Crippen molar-refractivity contribution >= 4 is 5.91 Å². The zero-order chi connectivity index (χ0) is 13.0. The minimum atomic E-state index is -0.0996. The summed E-state index contributed by atoms with van der Waals surface area (Å²) in [5.74, 6) is 4.29. The number of rotatable bonds is 4. The summed E-state index contributed by atoms with van der Waals surface area (Å²) < 4.78 is 0. The molecule has 4 atom stereocenters.